The number of amides is 1. The van der Waals surface area contributed by atoms with Crippen molar-refractivity contribution >= 4 is 38.9 Å². The number of rotatable bonds is 2. The number of carbonyl (C=O) groups is 1. The number of anilines is 1. The zero-order valence-corrected chi connectivity index (χ0v) is 11.1. The Labute approximate surface area is 106 Å². The second kappa shape index (κ2) is 4.80. The van der Waals surface area contributed by atoms with Crippen molar-refractivity contribution in [3.63, 3.8) is 0 Å². The van der Waals surface area contributed by atoms with E-state index in [0.29, 0.717) is 4.88 Å². The predicted molar refractivity (Wildman–Crippen MR) is 71.2 cm³/mol. The molecule has 0 fully saturated rings. The highest BCUT2D eigenvalue weighted by molar-refractivity contribution is 9.10. The molecule has 0 saturated carbocycles. The Morgan fingerprint density at radius 3 is 2.50 bits per heavy atom. The molecule has 0 aliphatic heterocycles. The number of halogens is 1. The Morgan fingerprint density at radius 2 is 1.94 bits per heavy atom. The van der Waals surface area contributed by atoms with Gasteiger partial charge in [-0.2, -0.15) is 0 Å². The van der Waals surface area contributed by atoms with Crippen molar-refractivity contribution in [2.24, 2.45) is 0 Å². The fourth-order valence-corrected chi connectivity index (χ4v) is 2.73. The predicted octanol–water partition coefficient (Wildman–Crippen LogP) is 4.07. The van der Waals surface area contributed by atoms with E-state index in [0.717, 1.165) is 10.2 Å². The van der Waals surface area contributed by atoms with E-state index >= 15 is 0 Å². The Kier molecular flexibility index (Phi) is 3.41. The molecule has 16 heavy (non-hydrogen) atoms. The van der Waals surface area contributed by atoms with Crippen LogP contribution >= 0.6 is 27.3 Å². The van der Waals surface area contributed by atoms with Gasteiger partial charge in [0.2, 0.25) is 0 Å². The van der Waals surface area contributed by atoms with Crippen molar-refractivity contribution in [3.05, 3.63) is 50.6 Å². The molecule has 82 valence electrons. The molecule has 0 aliphatic rings. The molecule has 0 spiro atoms. The van der Waals surface area contributed by atoms with Crippen LogP contribution in [0.2, 0.25) is 0 Å². The van der Waals surface area contributed by atoms with E-state index in [4.69, 9.17) is 0 Å². The van der Waals surface area contributed by atoms with Crippen molar-refractivity contribution < 1.29 is 4.79 Å². The van der Waals surface area contributed by atoms with Gasteiger partial charge in [-0.1, -0.05) is 17.7 Å². The smallest absolute Gasteiger partial charge is 0.266 e. The number of thiophene rings is 1. The minimum Gasteiger partial charge on any atom is -0.321 e. The SMILES string of the molecule is Cc1ccc(NC(=O)c2sccc2Br)cc1. The topological polar surface area (TPSA) is 29.1 Å². The molecule has 0 unspecified atom stereocenters. The first kappa shape index (κ1) is 11.4. The second-order valence-corrected chi connectivity index (χ2v) is 5.19. The summed E-state index contributed by atoms with van der Waals surface area (Å²) in [4.78, 5) is 12.5. The molecule has 4 heteroatoms. The zero-order valence-electron chi connectivity index (χ0n) is 8.66. The molecule has 0 radical (unpaired) electrons. The number of benzene rings is 1. The van der Waals surface area contributed by atoms with Crippen LogP contribution in [0, 0.1) is 6.92 Å². The van der Waals surface area contributed by atoms with Crippen LogP contribution in [-0.4, -0.2) is 5.91 Å². The van der Waals surface area contributed by atoms with Crippen molar-refractivity contribution in [2.75, 3.05) is 5.32 Å². The molecule has 2 aromatic rings. The molecule has 0 bridgehead atoms. The fraction of sp³-hybridized carbons (Fsp3) is 0.0833. The van der Waals surface area contributed by atoms with Gasteiger partial charge in [-0.05, 0) is 46.4 Å². The molecule has 0 saturated heterocycles. The maximum atomic E-state index is 11.9. The quantitative estimate of drug-likeness (QED) is 0.889. The van der Waals surface area contributed by atoms with Gasteiger partial charge in [0.25, 0.3) is 5.91 Å². The summed E-state index contributed by atoms with van der Waals surface area (Å²) in [6, 6.07) is 9.61. The lowest BCUT2D eigenvalue weighted by Crippen LogP contribution is -2.10. The number of nitrogens with one attached hydrogen (secondary N) is 1. The largest absolute Gasteiger partial charge is 0.321 e. The van der Waals surface area contributed by atoms with E-state index in [1.54, 1.807) is 0 Å². The van der Waals surface area contributed by atoms with Crippen LogP contribution in [0.15, 0.2) is 40.2 Å². The summed E-state index contributed by atoms with van der Waals surface area (Å²) in [5.41, 5.74) is 1.99. The highest BCUT2D eigenvalue weighted by Gasteiger charge is 2.11. The number of carbonyl (C=O) groups excluding carboxylic acids is 1. The highest BCUT2D eigenvalue weighted by Crippen LogP contribution is 2.23. The lowest BCUT2D eigenvalue weighted by atomic mass is 10.2. The average Bonchev–Trinajstić information content (AvgIpc) is 2.68. The minimum absolute atomic E-state index is 0.0780. The third-order valence-corrected chi connectivity index (χ3v) is 3.97. The van der Waals surface area contributed by atoms with Crippen LogP contribution in [0.5, 0.6) is 0 Å². The number of aryl methyl sites for hydroxylation is 1. The first-order valence-electron chi connectivity index (χ1n) is 4.78. The van der Waals surface area contributed by atoms with Gasteiger partial charge in [-0.15, -0.1) is 11.3 Å². The summed E-state index contributed by atoms with van der Waals surface area (Å²) in [6.45, 7) is 2.02. The average molecular weight is 296 g/mol. The van der Waals surface area contributed by atoms with E-state index < -0.39 is 0 Å². The molecule has 1 N–H and O–H groups in total. The van der Waals surface area contributed by atoms with E-state index in [9.17, 15) is 4.79 Å². The van der Waals surface area contributed by atoms with Gasteiger partial charge >= 0.3 is 0 Å². The normalized spacial score (nSPS) is 10.1. The summed E-state index contributed by atoms with van der Waals surface area (Å²) in [5.74, 6) is -0.0780. The van der Waals surface area contributed by atoms with Crippen molar-refractivity contribution in [3.8, 4) is 0 Å². The summed E-state index contributed by atoms with van der Waals surface area (Å²) >= 11 is 4.76. The van der Waals surface area contributed by atoms with Gasteiger partial charge in [-0.25, -0.2) is 0 Å². The summed E-state index contributed by atoms with van der Waals surface area (Å²) in [6.07, 6.45) is 0. The molecule has 1 aromatic carbocycles. The van der Waals surface area contributed by atoms with Crippen LogP contribution in [0.3, 0.4) is 0 Å². The molecule has 2 nitrogen and oxygen atoms in total. The maximum Gasteiger partial charge on any atom is 0.266 e. The Morgan fingerprint density at radius 1 is 1.25 bits per heavy atom. The van der Waals surface area contributed by atoms with Crippen LogP contribution in [0.4, 0.5) is 5.69 Å². The third-order valence-electron chi connectivity index (χ3n) is 2.13. The summed E-state index contributed by atoms with van der Waals surface area (Å²) in [5, 5.41) is 4.74. The maximum absolute atomic E-state index is 11.9. The molecule has 2 rings (SSSR count). The van der Waals surface area contributed by atoms with Crippen LogP contribution in [0.25, 0.3) is 0 Å². The Balaban J connectivity index is 2.14. The molecule has 1 aromatic heterocycles. The van der Waals surface area contributed by atoms with Gasteiger partial charge in [0, 0.05) is 10.2 Å². The first-order valence-corrected chi connectivity index (χ1v) is 6.45. The molecule has 1 amide bonds. The van der Waals surface area contributed by atoms with Crippen LogP contribution < -0.4 is 5.32 Å². The standard InChI is InChI=1S/C12H10BrNOS/c1-8-2-4-9(5-3-8)14-12(15)11-10(13)6-7-16-11/h2-7H,1H3,(H,14,15). The van der Waals surface area contributed by atoms with E-state index in [2.05, 4.69) is 21.2 Å². The minimum atomic E-state index is -0.0780. The van der Waals surface area contributed by atoms with Crippen LogP contribution in [0.1, 0.15) is 15.2 Å². The molecule has 1 heterocycles. The molecule has 0 aliphatic carbocycles. The van der Waals surface area contributed by atoms with Gasteiger partial charge in [0.05, 0.1) is 0 Å². The zero-order chi connectivity index (χ0) is 11.5. The van der Waals surface area contributed by atoms with E-state index in [-0.39, 0.29) is 5.91 Å². The molecular formula is C12H10BrNOS. The summed E-state index contributed by atoms with van der Waals surface area (Å²) < 4.78 is 0.835. The molecule has 0 atom stereocenters. The Hall–Kier alpha value is -1.13. The lowest BCUT2D eigenvalue weighted by molar-refractivity contribution is 0.103. The Bertz CT molecular complexity index is 504. The van der Waals surface area contributed by atoms with Crippen LogP contribution in [-0.2, 0) is 0 Å². The van der Waals surface area contributed by atoms with Gasteiger partial charge in [0.15, 0.2) is 0 Å². The first-order chi connectivity index (χ1) is 7.66. The summed E-state index contributed by atoms with van der Waals surface area (Å²) in [7, 11) is 0. The van der Waals surface area contributed by atoms with Gasteiger partial charge in [-0.3, -0.25) is 4.79 Å². The van der Waals surface area contributed by atoms with Gasteiger partial charge < -0.3 is 5.32 Å². The lowest BCUT2D eigenvalue weighted by Gasteiger charge is -2.04. The number of hydrogen-bond donors (Lipinski definition) is 1. The highest BCUT2D eigenvalue weighted by atomic mass is 79.9. The second-order valence-electron chi connectivity index (χ2n) is 3.42. The van der Waals surface area contributed by atoms with Crippen molar-refractivity contribution in [1.29, 1.82) is 0 Å². The molecular weight excluding hydrogens is 286 g/mol. The fourth-order valence-electron chi connectivity index (χ4n) is 1.28. The third kappa shape index (κ3) is 2.51. The van der Waals surface area contributed by atoms with E-state index in [1.165, 1.54) is 16.9 Å². The van der Waals surface area contributed by atoms with Crippen molar-refractivity contribution in [1.82, 2.24) is 0 Å². The van der Waals surface area contributed by atoms with E-state index in [1.807, 2.05) is 42.6 Å². The van der Waals surface area contributed by atoms with Crippen molar-refractivity contribution in [2.45, 2.75) is 6.92 Å². The number of hydrogen-bond acceptors (Lipinski definition) is 2. The van der Waals surface area contributed by atoms with Gasteiger partial charge in [0.1, 0.15) is 4.88 Å². The monoisotopic (exact) mass is 295 g/mol.